The van der Waals surface area contributed by atoms with Crippen molar-refractivity contribution < 1.29 is 4.79 Å². The van der Waals surface area contributed by atoms with E-state index in [-0.39, 0.29) is 12.3 Å². The molecule has 2 aromatic heterocycles. The highest BCUT2D eigenvalue weighted by molar-refractivity contribution is 5.78. The molecule has 0 saturated carbocycles. The number of nitrogens with two attached hydrogens (primary N) is 1. The van der Waals surface area contributed by atoms with Crippen LogP contribution >= 0.6 is 0 Å². The van der Waals surface area contributed by atoms with Gasteiger partial charge in [-0.25, -0.2) is 4.52 Å². The molecular weight excluding hydrogens is 264 g/mol. The number of pyridine rings is 1. The molecular formula is C16H16N4O. The number of nitrogens with one attached hydrogen (secondary N) is 1. The van der Waals surface area contributed by atoms with Crippen LogP contribution in [0.4, 0.5) is 5.69 Å². The fraction of sp³-hybridized carbons (Fsp3) is 0.125. The standard InChI is InChI=1S/C16H16N4O/c17-16(21)9-12-5-1-2-6-14(12)18-10-13-11-19-20-8-4-3-7-15(13)20/h1-8,11,18H,9-10H2,(H2,17,21). The number of anilines is 1. The number of carbonyl (C=O) groups is 1. The van der Waals surface area contributed by atoms with Crippen LogP contribution in [0.5, 0.6) is 0 Å². The van der Waals surface area contributed by atoms with Gasteiger partial charge in [-0.05, 0) is 23.8 Å². The Bertz CT molecular complexity index is 779. The van der Waals surface area contributed by atoms with E-state index in [9.17, 15) is 4.79 Å². The van der Waals surface area contributed by atoms with E-state index in [1.165, 1.54) is 0 Å². The fourth-order valence-electron chi connectivity index (χ4n) is 2.35. The Balaban J connectivity index is 1.80. The van der Waals surface area contributed by atoms with E-state index >= 15 is 0 Å². The highest BCUT2D eigenvalue weighted by atomic mass is 16.1. The van der Waals surface area contributed by atoms with Crippen molar-refractivity contribution in [1.29, 1.82) is 0 Å². The van der Waals surface area contributed by atoms with E-state index in [1.54, 1.807) is 0 Å². The molecule has 1 aromatic carbocycles. The van der Waals surface area contributed by atoms with Crippen LogP contribution in [0.3, 0.4) is 0 Å². The molecule has 21 heavy (non-hydrogen) atoms. The third-order valence-corrected chi connectivity index (χ3v) is 3.36. The van der Waals surface area contributed by atoms with Crippen LogP contribution in [-0.2, 0) is 17.8 Å². The predicted octanol–water partition coefficient (Wildman–Crippen LogP) is 1.97. The van der Waals surface area contributed by atoms with E-state index in [4.69, 9.17) is 5.73 Å². The summed E-state index contributed by atoms with van der Waals surface area (Å²) in [7, 11) is 0. The second kappa shape index (κ2) is 5.66. The summed E-state index contributed by atoms with van der Waals surface area (Å²) in [5.41, 5.74) is 9.27. The lowest BCUT2D eigenvalue weighted by Gasteiger charge is -2.10. The molecule has 0 radical (unpaired) electrons. The van der Waals surface area contributed by atoms with Crippen LogP contribution in [0, 0.1) is 0 Å². The first-order valence-electron chi connectivity index (χ1n) is 6.75. The van der Waals surface area contributed by atoms with E-state index in [2.05, 4.69) is 10.4 Å². The van der Waals surface area contributed by atoms with Crippen LogP contribution in [0.15, 0.2) is 54.9 Å². The van der Waals surface area contributed by atoms with Crippen LogP contribution in [0.1, 0.15) is 11.1 Å². The molecule has 0 aliphatic heterocycles. The van der Waals surface area contributed by atoms with Crippen LogP contribution in [-0.4, -0.2) is 15.5 Å². The van der Waals surface area contributed by atoms with Crippen molar-refractivity contribution in [3.8, 4) is 0 Å². The van der Waals surface area contributed by atoms with Gasteiger partial charge in [0.2, 0.25) is 5.91 Å². The number of hydrogen-bond acceptors (Lipinski definition) is 3. The lowest BCUT2D eigenvalue weighted by molar-refractivity contribution is -0.117. The number of nitrogens with zero attached hydrogens (tertiary/aromatic N) is 2. The molecule has 0 unspecified atom stereocenters. The van der Waals surface area contributed by atoms with Gasteiger partial charge in [0, 0.05) is 24.0 Å². The average Bonchev–Trinajstić information content (AvgIpc) is 2.89. The molecule has 0 bridgehead atoms. The maximum atomic E-state index is 11.1. The van der Waals surface area contributed by atoms with Crippen molar-refractivity contribution >= 4 is 17.1 Å². The zero-order valence-corrected chi connectivity index (χ0v) is 11.5. The summed E-state index contributed by atoms with van der Waals surface area (Å²) in [6.45, 7) is 0.642. The minimum atomic E-state index is -0.333. The third-order valence-electron chi connectivity index (χ3n) is 3.36. The van der Waals surface area contributed by atoms with Gasteiger partial charge in [0.1, 0.15) is 0 Å². The maximum Gasteiger partial charge on any atom is 0.221 e. The monoisotopic (exact) mass is 280 g/mol. The molecule has 0 atom stereocenters. The maximum absolute atomic E-state index is 11.1. The molecule has 1 amide bonds. The Morgan fingerprint density at radius 3 is 2.81 bits per heavy atom. The van der Waals surface area contributed by atoms with Gasteiger partial charge in [-0.3, -0.25) is 4.79 Å². The summed E-state index contributed by atoms with van der Waals surface area (Å²) in [4.78, 5) is 11.1. The van der Waals surface area contributed by atoms with Crippen molar-refractivity contribution in [3.63, 3.8) is 0 Å². The van der Waals surface area contributed by atoms with E-state index in [1.807, 2.05) is 59.4 Å². The number of carbonyl (C=O) groups excluding carboxylic acids is 1. The smallest absolute Gasteiger partial charge is 0.221 e. The number of para-hydroxylation sites is 1. The zero-order chi connectivity index (χ0) is 14.7. The molecule has 0 spiro atoms. The first-order chi connectivity index (χ1) is 10.2. The number of hydrogen-bond donors (Lipinski definition) is 2. The van der Waals surface area contributed by atoms with Crippen LogP contribution in [0.25, 0.3) is 5.52 Å². The molecule has 3 aromatic rings. The Kier molecular flexibility index (Phi) is 3.55. The lowest BCUT2D eigenvalue weighted by Crippen LogP contribution is -2.15. The molecule has 2 heterocycles. The fourth-order valence-corrected chi connectivity index (χ4v) is 2.35. The number of benzene rings is 1. The van der Waals surface area contributed by atoms with Gasteiger partial charge < -0.3 is 11.1 Å². The van der Waals surface area contributed by atoms with E-state index in [0.29, 0.717) is 6.54 Å². The Hall–Kier alpha value is -2.82. The van der Waals surface area contributed by atoms with Crippen LogP contribution < -0.4 is 11.1 Å². The predicted molar refractivity (Wildman–Crippen MR) is 81.9 cm³/mol. The minimum absolute atomic E-state index is 0.234. The summed E-state index contributed by atoms with van der Waals surface area (Å²) in [6.07, 6.45) is 4.00. The Morgan fingerprint density at radius 2 is 1.95 bits per heavy atom. The first-order valence-corrected chi connectivity index (χ1v) is 6.75. The second-order valence-corrected chi connectivity index (χ2v) is 4.85. The highest BCUT2D eigenvalue weighted by Crippen LogP contribution is 2.18. The lowest BCUT2D eigenvalue weighted by atomic mass is 10.1. The van der Waals surface area contributed by atoms with Gasteiger partial charge in [-0.15, -0.1) is 0 Å². The zero-order valence-electron chi connectivity index (χ0n) is 11.5. The summed E-state index contributed by atoms with van der Waals surface area (Å²) in [6, 6.07) is 13.6. The molecule has 0 aliphatic rings. The minimum Gasteiger partial charge on any atom is -0.381 e. The van der Waals surface area contributed by atoms with Crippen molar-refractivity contribution in [2.24, 2.45) is 5.73 Å². The average molecular weight is 280 g/mol. The molecule has 3 N–H and O–H groups in total. The van der Waals surface area contributed by atoms with Gasteiger partial charge in [-0.1, -0.05) is 24.3 Å². The number of aromatic nitrogens is 2. The largest absolute Gasteiger partial charge is 0.381 e. The summed E-state index contributed by atoms with van der Waals surface area (Å²) < 4.78 is 1.84. The van der Waals surface area contributed by atoms with Gasteiger partial charge in [-0.2, -0.15) is 5.10 Å². The number of amides is 1. The SMILES string of the molecule is NC(=O)Cc1ccccc1NCc1cnn2ccccc12. The Labute approximate surface area is 122 Å². The summed E-state index contributed by atoms with van der Waals surface area (Å²) >= 11 is 0. The second-order valence-electron chi connectivity index (χ2n) is 4.85. The molecule has 3 rings (SSSR count). The molecule has 0 fully saturated rings. The van der Waals surface area contributed by atoms with Crippen LogP contribution in [0.2, 0.25) is 0 Å². The van der Waals surface area contributed by atoms with Gasteiger partial charge >= 0.3 is 0 Å². The molecule has 0 aliphatic carbocycles. The van der Waals surface area contributed by atoms with Gasteiger partial charge in [0.15, 0.2) is 0 Å². The molecule has 5 nitrogen and oxygen atoms in total. The molecule has 5 heteroatoms. The van der Waals surface area contributed by atoms with Crippen molar-refractivity contribution in [2.45, 2.75) is 13.0 Å². The topological polar surface area (TPSA) is 72.4 Å². The van der Waals surface area contributed by atoms with E-state index < -0.39 is 0 Å². The van der Waals surface area contributed by atoms with E-state index in [0.717, 1.165) is 22.3 Å². The van der Waals surface area contributed by atoms with Crippen molar-refractivity contribution in [3.05, 3.63) is 66.0 Å². The summed E-state index contributed by atoms with van der Waals surface area (Å²) in [5, 5.41) is 7.66. The Morgan fingerprint density at radius 1 is 1.14 bits per heavy atom. The van der Waals surface area contributed by atoms with Crippen molar-refractivity contribution in [1.82, 2.24) is 9.61 Å². The third kappa shape index (κ3) is 2.86. The van der Waals surface area contributed by atoms with Gasteiger partial charge in [0.05, 0.1) is 18.1 Å². The summed E-state index contributed by atoms with van der Waals surface area (Å²) in [5.74, 6) is -0.333. The first kappa shape index (κ1) is 13.2. The van der Waals surface area contributed by atoms with Gasteiger partial charge in [0.25, 0.3) is 0 Å². The number of rotatable bonds is 5. The quantitative estimate of drug-likeness (QED) is 0.750. The number of primary amides is 1. The molecule has 106 valence electrons. The number of fused-ring (bicyclic) bond motifs is 1. The highest BCUT2D eigenvalue weighted by Gasteiger charge is 2.07. The normalized spacial score (nSPS) is 10.7. The van der Waals surface area contributed by atoms with Crippen molar-refractivity contribution in [2.75, 3.05) is 5.32 Å². The molecule has 0 saturated heterocycles.